The molecule has 1 aliphatic carbocycles. The van der Waals surface area contributed by atoms with Crippen molar-refractivity contribution in [2.75, 3.05) is 17.3 Å². The lowest BCUT2D eigenvalue weighted by Crippen LogP contribution is -2.17. The minimum absolute atomic E-state index is 0.458. The van der Waals surface area contributed by atoms with Crippen LogP contribution in [0.5, 0.6) is 0 Å². The van der Waals surface area contributed by atoms with Gasteiger partial charge in [-0.15, -0.1) is 0 Å². The summed E-state index contributed by atoms with van der Waals surface area (Å²) in [7, 11) is 0. The van der Waals surface area contributed by atoms with E-state index in [1.807, 2.05) is 6.92 Å². The smallest absolute Gasteiger partial charge is 0.239 e. The van der Waals surface area contributed by atoms with E-state index in [0.29, 0.717) is 5.95 Å². The lowest BCUT2D eigenvalue weighted by molar-refractivity contribution is 0.282. The predicted octanol–water partition coefficient (Wildman–Crippen LogP) is 2.70. The van der Waals surface area contributed by atoms with Gasteiger partial charge >= 0.3 is 0 Å². The van der Waals surface area contributed by atoms with Gasteiger partial charge in [-0.3, -0.25) is 5.43 Å². The summed E-state index contributed by atoms with van der Waals surface area (Å²) < 4.78 is 0. The molecule has 0 saturated heterocycles. The number of nitrogen functional groups attached to an aromatic ring is 1. The maximum absolute atomic E-state index is 5.32. The van der Waals surface area contributed by atoms with E-state index in [-0.39, 0.29) is 0 Å². The third-order valence-electron chi connectivity index (χ3n) is 4.08. The SMILES string of the molecule is Cc1cnc(NN)nc1NCCC1CCC(C)CC1. The second kappa shape index (κ2) is 6.70. The second-order valence-electron chi connectivity index (χ2n) is 5.71. The van der Waals surface area contributed by atoms with Gasteiger partial charge in [-0.2, -0.15) is 4.98 Å². The van der Waals surface area contributed by atoms with Crippen LogP contribution in [0.3, 0.4) is 0 Å². The predicted molar refractivity (Wildman–Crippen MR) is 78.8 cm³/mol. The Morgan fingerprint density at radius 2 is 2.05 bits per heavy atom. The highest BCUT2D eigenvalue weighted by atomic mass is 15.3. The summed E-state index contributed by atoms with van der Waals surface area (Å²) >= 11 is 0. The average molecular weight is 263 g/mol. The molecular formula is C14H25N5. The van der Waals surface area contributed by atoms with E-state index in [9.17, 15) is 0 Å². The zero-order valence-corrected chi connectivity index (χ0v) is 11.9. The number of aryl methyl sites for hydroxylation is 1. The Balaban J connectivity index is 1.79. The molecule has 0 radical (unpaired) electrons. The fourth-order valence-electron chi connectivity index (χ4n) is 2.70. The van der Waals surface area contributed by atoms with Crippen molar-refractivity contribution in [1.82, 2.24) is 9.97 Å². The van der Waals surface area contributed by atoms with E-state index in [2.05, 4.69) is 27.6 Å². The molecule has 0 atom stereocenters. The van der Waals surface area contributed by atoms with Gasteiger partial charge in [0.2, 0.25) is 5.95 Å². The summed E-state index contributed by atoms with van der Waals surface area (Å²) in [5.41, 5.74) is 3.53. The minimum Gasteiger partial charge on any atom is -0.370 e. The molecule has 0 amide bonds. The third-order valence-corrected chi connectivity index (χ3v) is 4.08. The van der Waals surface area contributed by atoms with E-state index >= 15 is 0 Å². The normalized spacial score (nSPS) is 23.1. The van der Waals surface area contributed by atoms with Gasteiger partial charge < -0.3 is 5.32 Å². The van der Waals surface area contributed by atoms with Crippen molar-refractivity contribution in [3.63, 3.8) is 0 Å². The molecule has 0 aliphatic heterocycles. The van der Waals surface area contributed by atoms with Crippen LogP contribution in [-0.4, -0.2) is 16.5 Å². The topological polar surface area (TPSA) is 75.9 Å². The Bertz CT molecular complexity index is 399. The van der Waals surface area contributed by atoms with Gasteiger partial charge in [0.15, 0.2) is 0 Å². The van der Waals surface area contributed by atoms with Gasteiger partial charge in [0.05, 0.1) is 0 Å². The molecule has 1 heterocycles. The minimum atomic E-state index is 0.458. The van der Waals surface area contributed by atoms with Gasteiger partial charge in [0.1, 0.15) is 5.82 Å². The van der Waals surface area contributed by atoms with Gasteiger partial charge in [-0.25, -0.2) is 10.8 Å². The molecule has 19 heavy (non-hydrogen) atoms. The Morgan fingerprint density at radius 3 is 2.74 bits per heavy atom. The molecule has 0 aromatic carbocycles. The molecule has 1 saturated carbocycles. The highest BCUT2D eigenvalue weighted by Crippen LogP contribution is 2.30. The van der Waals surface area contributed by atoms with Gasteiger partial charge in [0, 0.05) is 18.3 Å². The quantitative estimate of drug-likeness (QED) is 0.562. The second-order valence-corrected chi connectivity index (χ2v) is 5.71. The summed E-state index contributed by atoms with van der Waals surface area (Å²) in [4.78, 5) is 8.40. The number of nitrogens with one attached hydrogen (secondary N) is 2. The van der Waals surface area contributed by atoms with Crippen molar-refractivity contribution >= 4 is 11.8 Å². The van der Waals surface area contributed by atoms with E-state index in [1.54, 1.807) is 6.20 Å². The van der Waals surface area contributed by atoms with Crippen molar-refractivity contribution in [2.24, 2.45) is 17.7 Å². The molecule has 1 aromatic rings. The Labute approximate surface area is 115 Å². The first kappa shape index (κ1) is 14.1. The van der Waals surface area contributed by atoms with Crippen LogP contribution in [0, 0.1) is 18.8 Å². The summed E-state index contributed by atoms with van der Waals surface area (Å²) in [5, 5.41) is 3.40. The first-order chi connectivity index (χ1) is 9.19. The summed E-state index contributed by atoms with van der Waals surface area (Å²) in [6.07, 6.45) is 8.54. The van der Waals surface area contributed by atoms with Crippen LogP contribution in [0.2, 0.25) is 0 Å². The Hall–Kier alpha value is -1.36. The first-order valence-electron chi connectivity index (χ1n) is 7.23. The average Bonchev–Trinajstić information content (AvgIpc) is 2.43. The summed E-state index contributed by atoms with van der Waals surface area (Å²) in [5.74, 6) is 8.46. The molecule has 0 unspecified atom stereocenters. The number of anilines is 2. The van der Waals surface area contributed by atoms with Crippen molar-refractivity contribution in [3.05, 3.63) is 11.8 Å². The highest BCUT2D eigenvalue weighted by Gasteiger charge is 2.17. The largest absolute Gasteiger partial charge is 0.370 e. The van der Waals surface area contributed by atoms with Crippen LogP contribution < -0.4 is 16.6 Å². The van der Waals surface area contributed by atoms with Crippen LogP contribution in [0.4, 0.5) is 11.8 Å². The van der Waals surface area contributed by atoms with E-state index in [1.165, 1.54) is 32.1 Å². The molecule has 5 nitrogen and oxygen atoms in total. The lowest BCUT2D eigenvalue weighted by atomic mass is 9.81. The number of hydrazine groups is 1. The van der Waals surface area contributed by atoms with E-state index < -0.39 is 0 Å². The monoisotopic (exact) mass is 263 g/mol. The highest BCUT2D eigenvalue weighted by molar-refractivity contribution is 5.45. The molecule has 5 heteroatoms. The Morgan fingerprint density at radius 1 is 1.32 bits per heavy atom. The van der Waals surface area contributed by atoms with Crippen LogP contribution in [0.1, 0.15) is 44.6 Å². The van der Waals surface area contributed by atoms with Crippen LogP contribution >= 0.6 is 0 Å². The molecular weight excluding hydrogens is 238 g/mol. The van der Waals surface area contributed by atoms with E-state index in [4.69, 9.17) is 5.84 Å². The van der Waals surface area contributed by atoms with Gasteiger partial charge in [0.25, 0.3) is 0 Å². The van der Waals surface area contributed by atoms with Gasteiger partial charge in [-0.1, -0.05) is 32.6 Å². The molecule has 2 rings (SSSR count). The van der Waals surface area contributed by atoms with Crippen LogP contribution in [-0.2, 0) is 0 Å². The number of nitrogens with two attached hydrogens (primary N) is 1. The molecule has 1 aromatic heterocycles. The standard InChI is InChI=1S/C14H25N5/c1-10-3-5-12(6-4-10)7-8-16-13-11(2)9-17-14(18-13)19-15/h9-10,12H,3-8,15H2,1-2H3,(H2,16,17,18,19). The first-order valence-corrected chi connectivity index (χ1v) is 7.23. The number of hydrogen-bond donors (Lipinski definition) is 3. The number of aromatic nitrogens is 2. The number of hydrogen-bond acceptors (Lipinski definition) is 5. The van der Waals surface area contributed by atoms with E-state index in [0.717, 1.165) is 29.8 Å². The van der Waals surface area contributed by atoms with Crippen LogP contribution in [0.15, 0.2) is 6.20 Å². The maximum Gasteiger partial charge on any atom is 0.239 e. The third kappa shape index (κ3) is 4.06. The van der Waals surface area contributed by atoms with Crippen molar-refractivity contribution in [2.45, 2.75) is 46.0 Å². The van der Waals surface area contributed by atoms with Crippen molar-refractivity contribution in [3.8, 4) is 0 Å². The zero-order valence-electron chi connectivity index (χ0n) is 11.9. The number of rotatable bonds is 5. The number of nitrogens with zero attached hydrogens (tertiary/aromatic N) is 2. The molecule has 4 N–H and O–H groups in total. The molecule has 106 valence electrons. The molecule has 0 bridgehead atoms. The Kier molecular flexibility index (Phi) is 4.96. The molecule has 0 spiro atoms. The maximum atomic E-state index is 5.32. The summed E-state index contributed by atoms with van der Waals surface area (Å²) in [6, 6.07) is 0. The van der Waals surface area contributed by atoms with Crippen LogP contribution in [0.25, 0.3) is 0 Å². The fraction of sp³-hybridized carbons (Fsp3) is 0.714. The van der Waals surface area contributed by atoms with Crippen molar-refractivity contribution in [1.29, 1.82) is 0 Å². The molecule has 1 aliphatic rings. The van der Waals surface area contributed by atoms with Gasteiger partial charge in [-0.05, 0) is 25.2 Å². The molecule has 1 fully saturated rings. The zero-order chi connectivity index (χ0) is 13.7. The fourth-order valence-corrected chi connectivity index (χ4v) is 2.70. The summed E-state index contributed by atoms with van der Waals surface area (Å²) in [6.45, 7) is 5.34. The lowest BCUT2D eigenvalue weighted by Gasteiger charge is -2.26. The van der Waals surface area contributed by atoms with Crippen molar-refractivity contribution < 1.29 is 0 Å².